The minimum atomic E-state index is -1.24. The van der Waals surface area contributed by atoms with Gasteiger partial charge in [-0.1, -0.05) is 36.4 Å². The van der Waals surface area contributed by atoms with Crippen molar-refractivity contribution in [2.24, 2.45) is 5.41 Å². The topological polar surface area (TPSA) is 67.4 Å². The van der Waals surface area contributed by atoms with Crippen LogP contribution in [0.2, 0.25) is 0 Å². The average Bonchev–Trinajstić information content (AvgIpc) is 2.62. The van der Waals surface area contributed by atoms with Crippen molar-refractivity contribution in [2.45, 2.75) is 33.7 Å². The Bertz CT molecular complexity index is 785. The van der Waals surface area contributed by atoms with Crippen molar-refractivity contribution < 1.29 is 14.3 Å². The van der Waals surface area contributed by atoms with Gasteiger partial charge >= 0.3 is 0 Å². The smallest absolute Gasteiger partial charge is 0.239 e. The first-order valence-corrected chi connectivity index (χ1v) is 8.57. The van der Waals surface area contributed by atoms with Gasteiger partial charge in [0.2, 0.25) is 11.8 Å². The number of carbonyl (C=O) groups excluding carboxylic acids is 2. The van der Waals surface area contributed by atoms with E-state index in [2.05, 4.69) is 10.6 Å². The molecule has 1 unspecified atom stereocenters. The molecule has 5 heteroatoms. The molecule has 0 saturated carbocycles. The second kappa shape index (κ2) is 8.04. The summed E-state index contributed by atoms with van der Waals surface area (Å²) in [5, 5.41) is 5.72. The van der Waals surface area contributed by atoms with E-state index in [4.69, 9.17) is 4.74 Å². The van der Waals surface area contributed by atoms with Gasteiger partial charge in [-0.15, -0.1) is 0 Å². The van der Waals surface area contributed by atoms with E-state index in [1.165, 1.54) is 0 Å². The third-order valence-electron chi connectivity index (χ3n) is 4.39. The van der Waals surface area contributed by atoms with E-state index in [0.29, 0.717) is 11.4 Å². The Morgan fingerprint density at radius 1 is 1.04 bits per heavy atom. The molecule has 138 valence electrons. The van der Waals surface area contributed by atoms with Crippen molar-refractivity contribution in [3.63, 3.8) is 0 Å². The van der Waals surface area contributed by atoms with E-state index in [-0.39, 0.29) is 17.9 Å². The summed E-state index contributed by atoms with van der Waals surface area (Å²) in [6.07, 6.45) is 0. The third kappa shape index (κ3) is 4.42. The fraction of sp³-hybridized carbons (Fsp3) is 0.333. The molecule has 0 bridgehead atoms. The van der Waals surface area contributed by atoms with Gasteiger partial charge in [-0.2, -0.15) is 0 Å². The zero-order valence-electron chi connectivity index (χ0n) is 15.9. The normalized spacial score (nSPS) is 12.2. The number of hydrogen-bond acceptors (Lipinski definition) is 3. The predicted octanol–water partition coefficient (Wildman–Crippen LogP) is 3.85. The number of hydrogen-bond donors (Lipinski definition) is 2. The second-order valence-corrected chi connectivity index (χ2v) is 6.89. The highest BCUT2D eigenvalue weighted by Gasteiger charge is 2.37. The van der Waals surface area contributed by atoms with Crippen LogP contribution in [0, 0.1) is 12.3 Å². The molecule has 0 fully saturated rings. The lowest BCUT2D eigenvalue weighted by Crippen LogP contribution is -2.45. The predicted molar refractivity (Wildman–Crippen MR) is 103 cm³/mol. The minimum absolute atomic E-state index is 0.190. The van der Waals surface area contributed by atoms with Gasteiger partial charge in [0.05, 0.1) is 18.8 Å². The summed E-state index contributed by atoms with van der Waals surface area (Å²) in [4.78, 5) is 25.4. The number of rotatable bonds is 6. The van der Waals surface area contributed by atoms with Gasteiger partial charge in [0.15, 0.2) is 0 Å². The number of amides is 2. The van der Waals surface area contributed by atoms with Gasteiger partial charge in [-0.3, -0.25) is 9.59 Å². The van der Waals surface area contributed by atoms with Crippen molar-refractivity contribution in [1.82, 2.24) is 5.32 Å². The van der Waals surface area contributed by atoms with Gasteiger partial charge in [0.25, 0.3) is 0 Å². The van der Waals surface area contributed by atoms with E-state index >= 15 is 0 Å². The quantitative estimate of drug-likeness (QED) is 0.775. The summed E-state index contributed by atoms with van der Waals surface area (Å²) in [5.74, 6) is -0.171. The maximum absolute atomic E-state index is 12.7. The van der Waals surface area contributed by atoms with Crippen LogP contribution in [0.5, 0.6) is 5.75 Å². The zero-order chi connectivity index (χ0) is 19.3. The van der Waals surface area contributed by atoms with Gasteiger partial charge < -0.3 is 15.4 Å². The average molecular weight is 354 g/mol. The summed E-state index contributed by atoms with van der Waals surface area (Å²) >= 11 is 0. The van der Waals surface area contributed by atoms with Crippen molar-refractivity contribution in [2.75, 3.05) is 12.4 Å². The molecule has 0 aromatic heterocycles. The summed E-state index contributed by atoms with van der Waals surface area (Å²) < 4.78 is 5.28. The maximum Gasteiger partial charge on any atom is 0.239 e. The number of methoxy groups -OCH3 is 1. The lowest BCUT2D eigenvalue weighted by Gasteiger charge is -2.25. The van der Waals surface area contributed by atoms with Gasteiger partial charge in [0, 0.05) is 0 Å². The van der Waals surface area contributed by atoms with Crippen molar-refractivity contribution in [3.8, 4) is 5.75 Å². The highest BCUT2D eigenvalue weighted by atomic mass is 16.5. The Kier molecular flexibility index (Phi) is 6.03. The molecule has 0 aliphatic carbocycles. The van der Waals surface area contributed by atoms with Crippen LogP contribution in [0.25, 0.3) is 0 Å². The van der Waals surface area contributed by atoms with Crippen LogP contribution in [-0.2, 0) is 9.59 Å². The van der Waals surface area contributed by atoms with Crippen molar-refractivity contribution in [1.29, 1.82) is 0 Å². The molecule has 0 aliphatic rings. The molecule has 26 heavy (non-hydrogen) atoms. The number of carbonyl (C=O) groups is 2. The molecule has 0 radical (unpaired) electrons. The summed E-state index contributed by atoms with van der Waals surface area (Å²) in [7, 11) is 1.54. The minimum Gasteiger partial charge on any atom is -0.495 e. The van der Waals surface area contributed by atoms with E-state index in [1.807, 2.05) is 56.3 Å². The first kappa shape index (κ1) is 19.5. The molecule has 2 amide bonds. The molecule has 0 spiro atoms. The van der Waals surface area contributed by atoms with E-state index in [1.54, 1.807) is 27.0 Å². The highest BCUT2D eigenvalue weighted by molar-refractivity contribution is 6.10. The number of anilines is 1. The monoisotopic (exact) mass is 354 g/mol. The summed E-state index contributed by atoms with van der Waals surface area (Å²) in [6, 6.07) is 14.9. The first-order chi connectivity index (χ1) is 12.3. The van der Waals surface area contributed by atoms with Crippen molar-refractivity contribution >= 4 is 17.5 Å². The molecule has 0 saturated heterocycles. The standard InChI is InChI=1S/C21H26N2O3/c1-14-11-12-18(26-5)17(13-14)23-20(25)21(3,4)19(24)22-15(2)16-9-7-6-8-10-16/h6-13,15H,1-5H3,(H,22,24)(H,23,25). The Hall–Kier alpha value is -2.82. The van der Waals surface area contributed by atoms with Crippen LogP contribution in [0.4, 0.5) is 5.69 Å². The lowest BCUT2D eigenvalue weighted by molar-refractivity contribution is -0.138. The van der Waals surface area contributed by atoms with Gasteiger partial charge in [-0.05, 0) is 51.0 Å². The van der Waals surface area contributed by atoms with E-state index in [9.17, 15) is 9.59 Å². The summed E-state index contributed by atoms with van der Waals surface area (Å²) in [6.45, 7) is 7.04. The van der Waals surface area contributed by atoms with Crippen molar-refractivity contribution in [3.05, 3.63) is 59.7 Å². The maximum atomic E-state index is 12.7. The molecule has 0 aliphatic heterocycles. The van der Waals surface area contributed by atoms with Crippen LogP contribution < -0.4 is 15.4 Å². The van der Waals surface area contributed by atoms with Crippen LogP contribution in [-0.4, -0.2) is 18.9 Å². The van der Waals surface area contributed by atoms with Crippen LogP contribution in [0.3, 0.4) is 0 Å². The Morgan fingerprint density at radius 3 is 2.31 bits per heavy atom. The molecule has 2 N–H and O–H groups in total. The van der Waals surface area contributed by atoms with Crippen LogP contribution in [0.15, 0.2) is 48.5 Å². The Morgan fingerprint density at radius 2 is 1.69 bits per heavy atom. The largest absolute Gasteiger partial charge is 0.495 e. The fourth-order valence-corrected chi connectivity index (χ4v) is 2.50. The van der Waals surface area contributed by atoms with E-state index < -0.39 is 5.41 Å². The van der Waals surface area contributed by atoms with E-state index in [0.717, 1.165) is 11.1 Å². The number of benzene rings is 2. The Labute approximate surface area is 154 Å². The van der Waals surface area contributed by atoms with Crippen LogP contribution in [0.1, 0.15) is 37.9 Å². The SMILES string of the molecule is COc1ccc(C)cc1NC(=O)C(C)(C)C(=O)NC(C)c1ccccc1. The molecule has 2 rings (SSSR count). The highest BCUT2D eigenvalue weighted by Crippen LogP contribution is 2.28. The second-order valence-electron chi connectivity index (χ2n) is 6.89. The molecular formula is C21H26N2O3. The molecule has 2 aromatic rings. The number of aryl methyl sites for hydroxylation is 1. The molecular weight excluding hydrogens is 328 g/mol. The molecule has 1 atom stereocenters. The van der Waals surface area contributed by atoms with Crippen LogP contribution >= 0.6 is 0 Å². The number of nitrogens with one attached hydrogen (secondary N) is 2. The summed E-state index contributed by atoms with van der Waals surface area (Å²) in [5.41, 5.74) is 1.28. The molecule has 2 aromatic carbocycles. The number of ether oxygens (including phenoxy) is 1. The molecule has 5 nitrogen and oxygen atoms in total. The van der Waals surface area contributed by atoms with Gasteiger partial charge in [-0.25, -0.2) is 0 Å². The third-order valence-corrected chi connectivity index (χ3v) is 4.39. The Balaban J connectivity index is 2.12. The fourth-order valence-electron chi connectivity index (χ4n) is 2.50. The zero-order valence-corrected chi connectivity index (χ0v) is 15.9. The van der Waals surface area contributed by atoms with Gasteiger partial charge in [0.1, 0.15) is 11.2 Å². The first-order valence-electron chi connectivity index (χ1n) is 8.57. The molecule has 0 heterocycles. The lowest BCUT2D eigenvalue weighted by atomic mass is 9.90.